The van der Waals surface area contributed by atoms with E-state index >= 15 is 0 Å². The number of rotatable bonds is 2. The van der Waals surface area contributed by atoms with Gasteiger partial charge in [0.2, 0.25) is 0 Å². The summed E-state index contributed by atoms with van der Waals surface area (Å²) in [5.41, 5.74) is 2.17. The molecule has 0 saturated carbocycles. The van der Waals surface area contributed by atoms with Gasteiger partial charge in [-0.1, -0.05) is 0 Å². The molecular formula is C13H18N4O2. The molecule has 0 spiro atoms. The van der Waals surface area contributed by atoms with Crippen LogP contribution < -0.4 is 4.90 Å². The number of aromatic nitrogens is 2. The molecular weight excluding hydrogens is 244 g/mol. The zero-order valence-corrected chi connectivity index (χ0v) is 11.4. The number of aryl methyl sites for hydroxylation is 1. The Labute approximate surface area is 112 Å². The monoisotopic (exact) mass is 262 g/mol. The van der Waals surface area contributed by atoms with E-state index in [4.69, 9.17) is 4.74 Å². The van der Waals surface area contributed by atoms with Gasteiger partial charge in [-0.2, -0.15) is 10.4 Å². The Kier molecular flexibility index (Phi) is 3.98. The lowest BCUT2D eigenvalue weighted by Gasteiger charge is -2.38. The van der Waals surface area contributed by atoms with Crippen LogP contribution in [0.3, 0.4) is 0 Å². The van der Waals surface area contributed by atoms with E-state index in [-0.39, 0.29) is 18.8 Å². The molecule has 0 radical (unpaired) electrons. The summed E-state index contributed by atoms with van der Waals surface area (Å²) >= 11 is 0. The third kappa shape index (κ3) is 2.53. The van der Waals surface area contributed by atoms with E-state index in [9.17, 15) is 10.4 Å². The van der Waals surface area contributed by atoms with E-state index in [2.05, 4.69) is 16.3 Å². The van der Waals surface area contributed by atoms with E-state index in [1.807, 2.05) is 25.7 Å². The summed E-state index contributed by atoms with van der Waals surface area (Å²) in [4.78, 5) is 1.99. The number of hydrogen-bond donors (Lipinski definition) is 1. The lowest BCUT2D eigenvalue weighted by molar-refractivity contribution is -0.0106. The van der Waals surface area contributed by atoms with Gasteiger partial charge >= 0.3 is 0 Å². The van der Waals surface area contributed by atoms with Gasteiger partial charge in [-0.3, -0.25) is 0 Å². The summed E-state index contributed by atoms with van der Waals surface area (Å²) < 4.78 is 5.50. The average Bonchev–Trinajstić information content (AvgIpc) is 2.42. The molecule has 6 nitrogen and oxygen atoms in total. The normalized spacial score (nSPS) is 23.2. The summed E-state index contributed by atoms with van der Waals surface area (Å²) in [5.74, 6) is 0.583. The minimum atomic E-state index is -0.244. The van der Waals surface area contributed by atoms with Crippen molar-refractivity contribution in [2.75, 3.05) is 24.7 Å². The van der Waals surface area contributed by atoms with Gasteiger partial charge in [-0.15, -0.1) is 5.10 Å². The first-order valence-corrected chi connectivity index (χ1v) is 6.31. The number of aliphatic hydroxyl groups is 1. The van der Waals surface area contributed by atoms with E-state index in [1.165, 1.54) is 0 Å². The number of morpholine rings is 1. The van der Waals surface area contributed by atoms with Crippen LogP contribution in [0.4, 0.5) is 5.82 Å². The number of aliphatic hydroxyl groups excluding tert-OH is 1. The smallest absolute Gasteiger partial charge is 0.169 e. The van der Waals surface area contributed by atoms with Gasteiger partial charge in [0, 0.05) is 6.54 Å². The Morgan fingerprint density at radius 2 is 2.21 bits per heavy atom. The van der Waals surface area contributed by atoms with Gasteiger partial charge in [0.05, 0.1) is 31.1 Å². The van der Waals surface area contributed by atoms with E-state index in [1.54, 1.807) is 0 Å². The molecule has 0 aromatic carbocycles. The third-order valence-corrected chi connectivity index (χ3v) is 3.53. The van der Waals surface area contributed by atoms with Crippen LogP contribution in [0.5, 0.6) is 0 Å². The number of ether oxygens (including phenoxy) is 1. The zero-order chi connectivity index (χ0) is 14.0. The largest absolute Gasteiger partial charge is 0.394 e. The summed E-state index contributed by atoms with van der Waals surface area (Å²) in [6.07, 6.45) is -0.244. The maximum atomic E-state index is 9.34. The van der Waals surface area contributed by atoms with Gasteiger partial charge in [0.1, 0.15) is 11.6 Å². The molecule has 1 N–H and O–H groups in total. The van der Waals surface area contributed by atoms with Crippen molar-refractivity contribution in [3.8, 4) is 6.07 Å². The fourth-order valence-corrected chi connectivity index (χ4v) is 2.15. The molecule has 19 heavy (non-hydrogen) atoms. The molecule has 2 unspecified atom stereocenters. The van der Waals surface area contributed by atoms with Gasteiger partial charge in [-0.25, -0.2) is 0 Å². The van der Waals surface area contributed by atoms with Crippen molar-refractivity contribution in [3.05, 3.63) is 16.8 Å². The Bertz CT molecular complexity index is 512. The molecule has 0 aliphatic carbocycles. The maximum Gasteiger partial charge on any atom is 0.169 e. The third-order valence-electron chi connectivity index (χ3n) is 3.53. The SMILES string of the molecule is Cc1nnc(N2CC(CO)OCC2C)c(C#N)c1C. The second-order valence-electron chi connectivity index (χ2n) is 4.86. The zero-order valence-electron chi connectivity index (χ0n) is 11.4. The van der Waals surface area contributed by atoms with Crippen molar-refractivity contribution in [3.63, 3.8) is 0 Å². The highest BCUT2D eigenvalue weighted by Gasteiger charge is 2.29. The molecule has 1 fully saturated rings. The molecule has 6 heteroatoms. The minimum Gasteiger partial charge on any atom is -0.394 e. The molecule has 1 aromatic rings. The van der Waals surface area contributed by atoms with Crippen molar-refractivity contribution >= 4 is 5.82 Å². The lowest BCUT2D eigenvalue weighted by atomic mass is 10.1. The van der Waals surface area contributed by atoms with E-state index in [0.29, 0.717) is 24.5 Å². The van der Waals surface area contributed by atoms with Crippen LogP contribution in [0.2, 0.25) is 0 Å². The van der Waals surface area contributed by atoms with Crippen LogP contribution in [0.15, 0.2) is 0 Å². The molecule has 2 atom stereocenters. The van der Waals surface area contributed by atoms with Crippen molar-refractivity contribution < 1.29 is 9.84 Å². The first-order chi connectivity index (χ1) is 9.08. The molecule has 2 rings (SSSR count). The number of anilines is 1. The Morgan fingerprint density at radius 3 is 2.84 bits per heavy atom. The molecule has 2 heterocycles. The van der Waals surface area contributed by atoms with Crippen molar-refractivity contribution in [2.45, 2.75) is 32.9 Å². The Balaban J connectivity index is 2.40. The van der Waals surface area contributed by atoms with Gasteiger partial charge < -0.3 is 14.7 Å². The number of nitrogens with zero attached hydrogens (tertiary/aromatic N) is 4. The molecule has 1 aliphatic rings. The number of nitriles is 1. The van der Waals surface area contributed by atoms with Crippen LogP contribution in [0.25, 0.3) is 0 Å². The van der Waals surface area contributed by atoms with Crippen LogP contribution in [-0.2, 0) is 4.74 Å². The van der Waals surface area contributed by atoms with Gasteiger partial charge in [0.15, 0.2) is 5.82 Å². The van der Waals surface area contributed by atoms with Crippen LogP contribution in [0, 0.1) is 25.2 Å². The highest BCUT2D eigenvalue weighted by molar-refractivity contribution is 5.58. The highest BCUT2D eigenvalue weighted by atomic mass is 16.5. The Hall–Kier alpha value is -1.71. The van der Waals surface area contributed by atoms with Crippen LogP contribution >= 0.6 is 0 Å². The highest BCUT2D eigenvalue weighted by Crippen LogP contribution is 2.25. The molecule has 0 bridgehead atoms. The predicted molar refractivity (Wildman–Crippen MR) is 69.9 cm³/mol. The molecule has 1 saturated heterocycles. The summed E-state index contributed by atoms with van der Waals surface area (Å²) in [7, 11) is 0. The first-order valence-electron chi connectivity index (χ1n) is 6.31. The predicted octanol–water partition coefficient (Wildman–Crippen LogP) is 0.551. The van der Waals surface area contributed by atoms with Crippen molar-refractivity contribution in [1.82, 2.24) is 10.2 Å². The topological polar surface area (TPSA) is 82.3 Å². The molecule has 1 aliphatic heterocycles. The van der Waals surface area contributed by atoms with Gasteiger partial charge in [-0.05, 0) is 26.3 Å². The minimum absolute atomic E-state index is 0.0383. The maximum absolute atomic E-state index is 9.34. The van der Waals surface area contributed by atoms with Crippen LogP contribution in [-0.4, -0.2) is 47.2 Å². The summed E-state index contributed by atoms with van der Waals surface area (Å²) in [5, 5.41) is 26.8. The van der Waals surface area contributed by atoms with Crippen molar-refractivity contribution in [1.29, 1.82) is 5.26 Å². The summed E-state index contributed by atoms with van der Waals surface area (Å²) in [6.45, 7) is 6.70. The molecule has 102 valence electrons. The quantitative estimate of drug-likeness (QED) is 0.838. The van der Waals surface area contributed by atoms with Gasteiger partial charge in [0.25, 0.3) is 0 Å². The number of hydrogen-bond acceptors (Lipinski definition) is 6. The average molecular weight is 262 g/mol. The lowest BCUT2D eigenvalue weighted by Crippen LogP contribution is -2.50. The standard InChI is InChI=1S/C13H18N4O2/c1-8-7-19-11(6-18)5-17(8)13-12(4-14)9(2)10(3)15-16-13/h8,11,18H,5-7H2,1-3H3. The molecule has 1 aromatic heterocycles. The summed E-state index contributed by atoms with van der Waals surface area (Å²) in [6, 6.07) is 2.31. The van der Waals surface area contributed by atoms with Crippen LogP contribution in [0.1, 0.15) is 23.7 Å². The Morgan fingerprint density at radius 1 is 1.47 bits per heavy atom. The van der Waals surface area contributed by atoms with E-state index in [0.717, 1.165) is 11.3 Å². The second-order valence-corrected chi connectivity index (χ2v) is 4.86. The second kappa shape index (κ2) is 5.51. The fraction of sp³-hybridized carbons (Fsp3) is 0.615. The van der Waals surface area contributed by atoms with Crippen molar-refractivity contribution in [2.24, 2.45) is 0 Å². The molecule has 0 amide bonds. The first kappa shape index (κ1) is 13.7. The fourth-order valence-electron chi connectivity index (χ4n) is 2.15. The van der Waals surface area contributed by atoms with E-state index < -0.39 is 0 Å².